The van der Waals surface area contributed by atoms with Gasteiger partial charge in [-0.25, -0.2) is 0 Å². The van der Waals surface area contributed by atoms with Crippen LogP contribution in [0.25, 0.3) is 0 Å². The van der Waals surface area contributed by atoms with Crippen molar-refractivity contribution in [3.63, 3.8) is 0 Å². The van der Waals surface area contributed by atoms with Gasteiger partial charge in [0, 0.05) is 13.2 Å². The fraction of sp³-hybridized carbons (Fsp3) is 0.625. The Morgan fingerprint density at radius 2 is 1.89 bits per heavy atom. The quantitative estimate of drug-likeness (QED) is 0.674. The fourth-order valence-corrected chi connectivity index (χ4v) is 1.88. The second kappa shape index (κ2) is 8.94. The van der Waals surface area contributed by atoms with E-state index < -0.39 is 0 Å². The first kappa shape index (κ1) is 16.0. The van der Waals surface area contributed by atoms with Crippen LogP contribution in [0.1, 0.15) is 32.8 Å². The van der Waals surface area contributed by atoms with Gasteiger partial charge in [-0.05, 0) is 56.8 Å². The molecule has 0 aliphatic carbocycles. The second-order valence-electron chi connectivity index (χ2n) is 5.22. The van der Waals surface area contributed by atoms with E-state index in [1.807, 2.05) is 26.0 Å². The summed E-state index contributed by atoms with van der Waals surface area (Å²) in [5.74, 6) is 1.31. The van der Waals surface area contributed by atoms with E-state index in [4.69, 9.17) is 9.84 Å². The zero-order chi connectivity index (χ0) is 14.1. The number of hydrogen-bond acceptors (Lipinski definition) is 3. The molecule has 1 unspecified atom stereocenters. The molecule has 0 aliphatic heterocycles. The first-order chi connectivity index (χ1) is 9.15. The van der Waals surface area contributed by atoms with Gasteiger partial charge in [0.15, 0.2) is 0 Å². The summed E-state index contributed by atoms with van der Waals surface area (Å²) >= 11 is 0. The summed E-state index contributed by atoms with van der Waals surface area (Å²) in [6.45, 7) is 8.27. The summed E-state index contributed by atoms with van der Waals surface area (Å²) < 4.78 is 5.61. The molecular formula is C16H27NO2. The van der Waals surface area contributed by atoms with Crippen LogP contribution in [0.3, 0.4) is 0 Å². The molecular weight excluding hydrogens is 238 g/mol. The Balaban J connectivity index is 2.26. The van der Waals surface area contributed by atoms with Crippen LogP contribution in [-0.4, -0.2) is 30.9 Å². The molecule has 0 heterocycles. The Bertz CT molecular complexity index is 331. The number of benzene rings is 1. The van der Waals surface area contributed by atoms with Crippen LogP contribution < -0.4 is 10.1 Å². The van der Waals surface area contributed by atoms with E-state index in [2.05, 4.69) is 24.4 Å². The summed E-state index contributed by atoms with van der Waals surface area (Å²) in [5, 5.41) is 12.5. The van der Waals surface area contributed by atoms with Gasteiger partial charge in [-0.15, -0.1) is 0 Å². The van der Waals surface area contributed by atoms with Gasteiger partial charge in [0.2, 0.25) is 0 Å². The molecule has 0 radical (unpaired) electrons. The third-order valence-electron chi connectivity index (χ3n) is 3.15. The van der Waals surface area contributed by atoms with Crippen molar-refractivity contribution >= 4 is 0 Å². The number of aliphatic hydroxyl groups excluding tert-OH is 1. The van der Waals surface area contributed by atoms with E-state index in [0.29, 0.717) is 5.92 Å². The molecule has 108 valence electrons. The molecule has 0 amide bonds. The van der Waals surface area contributed by atoms with Crippen molar-refractivity contribution in [1.29, 1.82) is 0 Å². The summed E-state index contributed by atoms with van der Waals surface area (Å²) in [6, 6.07) is 8.28. The van der Waals surface area contributed by atoms with Crippen molar-refractivity contribution < 1.29 is 9.84 Å². The van der Waals surface area contributed by atoms with E-state index in [1.165, 1.54) is 5.56 Å². The third-order valence-corrected chi connectivity index (χ3v) is 3.15. The summed E-state index contributed by atoms with van der Waals surface area (Å²) in [5.41, 5.74) is 1.31. The van der Waals surface area contributed by atoms with Crippen LogP contribution in [0.5, 0.6) is 5.75 Å². The van der Waals surface area contributed by atoms with Crippen molar-refractivity contribution in [2.24, 2.45) is 5.92 Å². The number of hydrogen-bond donors (Lipinski definition) is 2. The Morgan fingerprint density at radius 1 is 1.21 bits per heavy atom. The zero-order valence-corrected chi connectivity index (χ0v) is 12.4. The number of rotatable bonds is 9. The molecule has 2 N–H and O–H groups in total. The molecule has 1 atom stereocenters. The number of nitrogens with one attached hydrogen (secondary N) is 1. The molecule has 1 aromatic rings. The molecule has 1 aromatic carbocycles. The Labute approximate surface area is 117 Å². The smallest absolute Gasteiger partial charge is 0.119 e. The van der Waals surface area contributed by atoms with E-state index in [1.54, 1.807) is 0 Å². The molecule has 0 saturated carbocycles. The zero-order valence-electron chi connectivity index (χ0n) is 12.4. The van der Waals surface area contributed by atoms with E-state index in [0.717, 1.165) is 31.7 Å². The van der Waals surface area contributed by atoms with E-state index in [9.17, 15) is 0 Å². The Kier molecular flexibility index (Phi) is 7.53. The monoisotopic (exact) mass is 265 g/mol. The average Bonchev–Trinajstić information content (AvgIpc) is 2.40. The van der Waals surface area contributed by atoms with Crippen molar-refractivity contribution in [1.82, 2.24) is 5.32 Å². The van der Waals surface area contributed by atoms with Crippen LogP contribution >= 0.6 is 0 Å². The predicted molar refractivity (Wildman–Crippen MR) is 79.6 cm³/mol. The topological polar surface area (TPSA) is 41.5 Å². The van der Waals surface area contributed by atoms with Crippen LogP contribution in [0.2, 0.25) is 0 Å². The molecule has 0 aliphatic rings. The first-order valence-electron chi connectivity index (χ1n) is 7.22. The summed E-state index contributed by atoms with van der Waals surface area (Å²) in [4.78, 5) is 0. The highest BCUT2D eigenvalue weighted by Crippen LogP contribution is 2.13. The van der Waals surface area contributed by atoms with Crippen molar-refractivity contribution in [2.75, 3.05) is 19.7 Å². The SMILES string of the molecule is CCC(CO)CNCCc1ccc(OC(C)C)cc1. The molecule has 3 heteroatoms. The van der Waals surface area contributed by atoms with Gasteiger partial charge in [-0.2, -0.15) is 0 Å². The van der Waals surface area contributed by atoms with Crippen LogP contribution in [0.15, 0.2) is 24.3 Å². The van der Waals surface area contributed by atoms with Gasteiger partial charge < -0.3 is 15.2 Å². The molecule has 0 saturated heterocycles. The minimum Gasteiger partial charge on any atom is -0.491 e. The predicted octanol–water partition coefficient (Wildman–Crippen LogP) is 2.62. The lowest BCUT2D eigenvalue weighted by Crippen LogP contribution is -2.26. The molecule has 0 aromatic heterocycles. The van der Waals surface area contributed by atoms with Crippen molar-refractivity contribution in [3.05, 3.63) is 29.8 Å². The van der Waals surface area contributed by atoms with Crippen molar-refractivity contribution in [2.45, 2.75) is 39.7 Å². The summed E-state index contributed by atoms with van der Waals surface area (Å²) in [7, 11) is 0. The Morgan fingerprint density at radius 3 is 2.42 bits per heavy atom. The van der Waals surface area contributed by atoms with Gasteiger partial charge in [0.05, 0.1) is 6.10 Å². The van der Waals surface area contributed by atoms with Gasteiger partial charge in [0.1, 0.15) is 5.75 Å². The van der Waals surface area contributed by atoms with Gasteiger partial charge in [-0.3, -0.25) is 0 Å². The maximum atomic E-state index is 9.09. The van der Waals surface area contributed by atoms with Crippen LogP contribution in [0, 0.1) is 5.92 Å². The highest BCUT2D eigenvalue weighted by Gasteiger charge is 2.03. The molecule has 0 fully saturated rings. The minimum atomic E-state index is 0.219. The Hall–Kier alpha value is -1.06. The van der Waals surface area contributed by atoms with Crippen LogP contribution in [0.4, 0.5) is 0 Å². The molecule has 3 nitrogen and oxygen atoms in total. The second-order valence-corrected chi connectivity index (χ2v) is 5.22. The minimum absolute atomic E-state index is 0.219. The van der Waals surface area contributed by atoms with Crippen LogP contribution in [-0.2, 0) is 6.42 Å². The van der Waals surface area contributed by atoms with E-state index in [-0.39, 0.29) is 12.7 Å². The van der Waals surface area contributed by atoms with E-state index >= 15 is 0 Å². The standard InChI is InChI=1S/C16H27NO2/c1-4-14(12-18)11-17-10-9-15-5-7-16(8-6-15)19-13(2)3/h5-8,13-14,17-18H,4,9-12H2,1-3H3. The molecule has 19 heavy (non-hydrogen) atoms. The lowest BCUT2D eigenvalue weighted by Gasteiger charge is -2.13. The maximum absolute atomic E-state index is 9.09. The molecule has 0 bridgehead atoms. The maximum Gasteiger partial charge on any atom is 0.119 e. The largest absolute Gasteiger partial charge is 0.491 e. The number of aliphatic hydroxyl groups is 1. The molecule has 1 rings (SSSR count). The lowest BCUT2D eigenvalue weighted by atomic mass is 10.1. The highest BCUT2D eigenvalue weighted by atomic mass is 16.5. The fourth-order valence-electron chi connectivity index (χ4n) is 1.88. The first-order valence-corrected chi connectivity index (χ1v) is 7.22. The highest BCUT2D eigenvalue weighted by molar-refractivity contribution is 5.27. The third kappa shape index (κ3) is 6.60. The van der Waals surface area contributed by atoms with Gasteiger partial charge in [-0.1, -0.05) is 19.1 Å². The molecule has 0 spiro atoms. The summed E-state index contributed by atoms with van der Waals surface area (Å²) in [6.07, 6.45) is 2.24. The van der Waals surface area contributed by atoms with Crippen molar-refractivity contribution in [3.8, 4) is 5.75 Å². The van der Waals surface area contributed by atoms with Gasteiger partial charge in [0.25, 0.3) is 0 Å². The van der Waals surface area contributed by atoms with Gasteiger partial charge >= 0.3 is 0 Å². The average molecular weight is 265 g/mol. The lowest BCUT2D eigenvalue weighted by molar-refractivity contribution is 0.219. The normalized spacial score (nSPS) is 12.7. The number of ether oxygens (including phenoxy) is 1.